The molecule has 0 fully saturated rings. The lowest BCUT2D eigenvalue weighted by Crippen LogP contribution is -1.95. The molecule has 24 heavy (non-hydrogen) atoms. The minimum absolute atomic E-state index is 0.976. The number of para-hydroxylation sites is 1. The number of aryl methyl sites for hydroxylation is 1. The van der Waals surface area contributed by atoms with Gasteiger partial charge in [-0.3, -0.25) is 0 Å². The summed E-state index contributed by atoms with van der Waals surface area (Å²) < 4.78 is 0. The first-order valence-electron chi connectivity index (χ1n) is 8.08. The van der Waals surface area contributed by atoms with Crippen LogP contribution < -0.4 is 5.32 Å². The Kier molecular flexibility index (Phi) is 3.72. The third-order valence-corrected chi connectivity index (χ3v) is 4.12. The molecule has 2 nitrogen and oxygen atoms in total. The van der Waals surface area contributed by atoms with Gasteiger partial charge in [-0.1, -0.05) is 66.2 Å². The van der Waals surface area contributed by atoms with Crippen molar-refractivity contribution in [2.45, 2.75) is 6.92 Å². The van der Waals surface area contributed by atoms with E-state index < -0.39 is 0 Å². The summed E-state index contributed by atoms with van der Waals surface area (Å²) in [5.74, 6) is 0. The topological polar surface area (TPSA) is 24.9 Å². The van der Waals surface area contributed by atoms with Crippen LogP contribution >= 0.6 is 0 Å². The summed E-state index contributed by atoms with van der Waals surface area (Å²) >= 11 is 0. The number of pyridine rings is 1. The molecule has 0 atom stereocenters. The van der Waals surface area contributed by atoms with E-state index in [1.165, 1.54) is 5.56 Å². The van der Waals surface area contributed by atoms with Crippen LogP contribution in [0.5, 0.6) is 0 Å². The number of hydrogen-bond donors (Lipinski definition) is 1. The maximum Gasteiger partial charge on any atom is 0.0730 e. The van der Waals surface area contributed by atoms with E-state index in [0.29, 0.717) is 0 Å². The quantitative estimate of drug-likeness (QED) is 0.505. The first-order chi connectivity index (χ1) is 11.8. The van der Waals surface area contributed by atoms with Crippen LogP contribution in [0.15, 0.2) is 84.9 Å². The third kappa shape index (κ3) is 2.86. The molecule has 2 heteroatoms. The second kappa shape index (κ2) is 6.17. The van der Waals surface area contributed by atoms with Gasteiger partial charge in [-0.25, -0.2) is 4.98 Å². The van der Waals surface area contributed by atoms with Gasteiger partial charge in [0.2, 0.25) is 0 Å². The summed E-state index contributed by atoms with van der Waals surface area (Å²) in [7, 11) is 0. The Morgan fingerprint density at radius 2 is 1.46 bits per heavy atom. The lowest BCUT2D eigenvalue weighted by atomic mass is 10.1. The highest BCUT2D eigenvalue weighted by molar-refractivity contribution is 5.95. The monoisotopic (exact) mass is 310 g/mol. The van der Waals surface area contributed by atoms with E-state index in [9.17, 15) is 0 Å². The van der Waals surface area contributed by atoms with Crippen molar-refractivity contribution in [3.63, 3.8) is 0 Å². The van der Waals surface area contributed by atoms with Crippen molar-refractivity contribution in [1.82, 2.24) is 4.98 Å². The SMILES string of the molecule is Cc1ccc(Nc2cc(-c3ccccc3)nc3ccccc23)cc1. The molecule has 4 rings (SSSR count). The molecule has 0 radical (unpaired) electrons. The van der Waals surface area contributed by atoms with Gasteiger partial charge in [-0.2, -0.15) is 0 Å². The maximum absolute atomic E-state index is 4.82. The number of nitrogens with zero attached hydrogens (tertiary/aromatic N) is 1. The van der Waals surface area contributed by atoms with Crippen LogP contribution in [0.1, 0.15) is 5.56 Å². The fourth-order valence-electron chi connectivity index (χ4n) is 2.83. The summed E-state index contributed by atoms with van der Waals surface area (Å²) in [4.78, 5) is 4.82. The predicted octanol–water partition coefficient (Wildman–Crippen LogP) is 5.95. The van der Waals surface area contributed by atoms with E-state index in [4.69, 9.17) is 4.98 Å². The van der Waals surface area contributed by atoms with Gasteiger partial charge < -0.3 is 5.32 Å². The average Bonchev–Trinajstić information content (AvgIpc) is 2.64. The number of benzene rings is 3. The molecule has 0 unspecified atom stereocenters. The molecule has 0 saturated heterocycles. The minimum atomic E-state index is 0.976. The fraction of sp³-hybridized carbons (Fsp3) is 0.0455. The van der Waals surface area contributed by atoms with Crippen LogP contribution in [0.25, 0.3) is 22.2 Å². The summed E-state index contributed by atoms with van der Waals surface area (Å²) in [6.07, 6.45) is 0. The number of anilines is 2. The highest BCUT2D eigenvalue weighted by Gasteiger charge is 2.07. The van der Waals surface area contributed by atoms with Crippen LogP contribution in [-0.4, -0.2) is 4.98 Å². The van der Waals surface area contributed by atoms with Crippen molar-refractivity contribution in [1.29, 1.82) is 0 Å². The van der Waals surface area contributed by atoms with Crippen molar-refractivity contribution in [2.24, 2.45) is 0 Å². The van der Waals surface area contributed by atoms with Crippen LogP contribution in [0.2, 0.25) is 0 Å². The number of nitrogens with one attached hydrogen (secondary N) is 1. The Morgan fingerprint density at radius 3 is 2.25 bits per heavy atom. The molecule has 3 aromatic carbocycles. The van der Waals surface area contributed by atoms with Gasteiger partial charge in [0.05, 0.1) is 16.9 Å². The molecule has 0 bridgehead atoms. The standard InChI is InChI=1S/C22H18N2/c1-16-11-13-18(14-12-16)23-22-15-21(17-7-3-2-4-8-17)24-20-10-6-5-9-19(20)22/h2-15H,1H3,(H,23,24). The van der Waals surface area contributed by atoms with Gasteiger partial charge in [0.1, 0.15) is 0 Å². The van der Waals surface area contributed by atoms with Crippen molar-refractivity contribution in [2.75, 3.05) is 5.32 Å². The molecule has 0 aliphatic heterocycles. The Labute approximate surface area is 141 Å². The van der Waals surface area contributed by atoms with Crippen LogP contribution in [0, 0.1) is 6.92 Å². The summed E-state index contributed by atoms with van der Waals surface area (Å²) in [6.45, 7) is 2.10. The normalized spacial score (nSPS) is 10.7. The average molecular weight is 310 g/mol. The molecule has 4 aromatic rings. The molecule has 0 spiro atoms. The van der Waals surface area contributed by atoms with Crippen molar-refractivity contribution in [3.05, 3.63) is 90.5 Å². The van der Waals surface area contributed by atoms with Crippen molar-refractivity contribution in [3.8, 4) is 11.3 Å². The highest BCUT2D eigenvalue weighted by Crippen LogP contribution is 2.30. The molecule has 0 saturated carbocycles. The third-order valence-electron chi connectivity index (χ3n) is 4.12. The molecule has 0 aliphatic rings. The van der Waals surface area contributed by atoms with Crippen LogP contribution in [0.3, 0.4) is 0 Å². The van der Waals surface area contributed by atoms with Crippen LogP contribution in [0.4, 0.5) is 11.4 Å². The Hall–Kier alpha value is -3.13. The number of rotatable bonds is 3. The van der Waals surface area contributed by atoms with E-state index in [2.05, 4.69) is 66.8 Å². The molecule has 1 heterocycles. The second-order valence-electron chi connectivity index (χ2n) is 5.93. The zero-order valence-corrected chi connectivity index (χ0v) is 13.5. The molecule has 1 N–H and O–H groups in total. The summed E-state index contributed by atoms with van der Waals surface area (Å²) in [6, 6.07) is 29.1. The summed E-state index contributed by atoms with van der Waals surface area (Å²) in [5.41, 5.74) is 6.50. The minimum Gasteiger partial charge on any atom is -0.355 e. The number of aromatic nitrogens is 1. The van der Waals surface area contributed by atoms with Gasteiger partial charge in [-0.15, -0.1) is 0 Å². The lowest BCUT2D eigenvalue weighted by molar-refractivity contribution is 1.39. The largest absolute Gasteiger partial charge is 0.355 e. The molecule has 1 aromatic heterocycles. The first kappa shape index (κ1) is 14.5. The summed E-state index contributed by atoms with van der Waals surface area (Å²) in [5, 5.41) is 4.67. The van der Waals surface area contributed by atoms with Crippen LogP contribution in [-0.2, 0) is 0 Å². The zero-order valence-electron chi connectivity index (χ0n) is 13.5. The van der Waals surface area contributed by atoms with E-state index >= 15 is 0 Å². The Morgan fingerprint density at radius 1 is 0.750 bits per heavy atom. The van der Waals surface area contributed by atoms with Gasteiger partial charge in [0.15, 0.2) is 0 Å². The molecular weight excluding hydrogens is 292 g/mol. The molecule has 116 valence electrons. The van der Waals surface area contributed by atoms with Gasteiger partial charge in [0, 0.05) is 16.6 Å². The van der Waals surface area contributed by atoms with Gasteiger partial charge in [0.25, 0.3) is 0 Å². The number of fused-ring (bicyclic) bond motifs is 1. The zero-order chi connectivity index (χ0) is 16.4. The highest BCUT2D eigenvalue weighted by atomic mass is 14.9. The van der Waals surface area contributed by atoms with Gasteiger partial charge in [-0.05, 0) is 31.2 Å². The fourth-order valence-corrected chi connectivity index (χ4v) is 2.83. The molecular formula is C22H18N2. The van der Waals surface area contributed by atoms with E-state index in [1.54, 1.807) is 0 Å². The second-order valence-corrected chi connectivity index (χ2v) is 5.93. The Balaban J connectivity index is 1.85. The van der Waals surface area contributed by atoms with E-state index in [1.807, 2.05) is 30.3 Å². The predicted molar refractivity (Wildman–Crippen MR) is 102 cm³/mol. The van der Waals surface area contributed by atoms with Gasteiger partial charge >= 0.3 is 0 Å². The first-order valence-corrected chi connectivity index (χ1v) is 8.08. The van der Waals surface area contributed by atoms with Crippen molar-refractivity contribution < 1.29 is 0 Å². The number of hydrogen-bond acceptors (Lipinski definition) is 2. The maximum atomic E-state index is 4.82. The molecule has 0 aliphatic carbocycles. The van der Waals surface area contributed by atoms with E-state index in [-0.39, 0.29) is 0 Å². The van der Waals surface area contributed by atoms with E-state index in [0.717, 1.165) is 33.5 Å². The smallest absolute Gasteiger partial charge is 0.0730 e. The van der Waals surface area contributed by atoms with Crippen molar-refractivity contribution >= 4 is 22.3 Å². The lowest BCUT2D eigenvalue weighted by Gasteiger charge is -2.12. The molecule has 0 amide bonds. The Bertz CT molecular complexity index is 974.